The summed E-state index contributed by atoms with van der Waals surface area (Å²) in [6, 6.07) is 7.32. The lowest BCUT2D eigenvalue weighted by molar-refractivity contribution is 0.0947. The Morgan fingerprint density at radius 3 is 2.86 bits per heavy atom. The van der Waals surface area contributed by atoms with Crippen LogP contribution >= 0.6 is 11.6 Å². The van der Waals surface area contributed by atoms with Gasteiger partial charge < -0.3 is 10.6 Å². The molecule has 1 aromatic heterocycles. The zero-order valence-corrected chi connectivity index (χ0v) is 13.5. The molecule has 0 unspecified atom stereocenters. The van der Waals surface area contributed by atoms with Gasteiger partial charge in [-0.2, -0.15) is 0 Å². The molecular formula is C15H20ClN5O. The second-order valence-electron chi connectivity index (χ2n) is 4.84. The molecule has 2 N–H and O–H groups in total. The Bertz CT molecular complexity index is 641. The van der Waals surface area contributed by atoms with Crippen LogP contribution in [0.1, 0.15) is 29.5 Å². The van der Waals surface area contributed by atoms with Gasteiger partial charge in [0.25, 0.3) is 5.91 Å². The van der Waals surface area contributed by atoms with Gasteiger partial charge in [0.15, 0.2) is 5.69 Å². The second kappa shape index (κ2) is 7.91. The predicted molar refractivity (Wildman–Crippen MR) is 86.6 cm³/mol. The molecule has 0 radical (unpaired) electrons. The molecule has 7 heteroatoms. The Kier molecular flexibility index (Phi) is 5.91. The lowest BCUT2D eigenvalue weighted by Gasteiger charge is -2.07. The summed E-state index contributed by atoms with van der Waals surface area (Å²) in [5.41, 5.74) is 1.94. The number of hydrogen-bond donors (Lipinski definition) is 2. The van der Waals surface area contributed by atoms with E-state index < -0.39 is 0 Å². The Morgan fingerprint density at radius 2 is 2.18 bits per heavy atom. The molecule has 2 rings (SSSR count). The predicted octanol–water partition coefficient (Wildman–Crippen LogP) is 1.82. The zero-order valence-electron chi connectivity index (χ0n) is 12.8. The minimum Gasteiger partial charge on any atom is -0.351 e. The Labute approximate surface area is 134 Å². The number of benzene rings is 1. The summed E-state index contributed by atoms with van der Waals surface area (Å²) < 4.78 is 1.66. The van der Waals surface area contributed by atoms with Crippen molar-refractivity contribution < 1.29 is 4.79 Å². The summed E-state index contributed by atoms with van der Waals surface area (Å²) in [5, 5.41) is 14.7. The number of aromatic nitrogens is 3. The topological polar surface area (TPSA) is 71.8 Å². The van der Waals surface area contributed by atoms with E-state index in [4.69, 9.17) is 11.6 Å². The maximum atomic E-state index is 12.2. The molecule has 22 heavy (non-hydrogen) atoms. The number of amides is 1. The molecule has 0 spiro atoms. The van der Waals surface area contributed by atoms with Gasteiger partial charge >= 0.3 is 0 Å². The van der Waals surface area contributed by atoms with Crippen LogP contribution in [0.3, 0.4) is 0 Å². The fourth-order valence-corrected chi connectivity index (χ4v) is 2.35. The smallest absolute Gasteiger partial charge is 0.273 e. The first-order chi connectivity index (χ1) is 10.7. The van der Waals surface area contributed by atoms with Gasteiger partial charge in [0, 0.05) is 11.6 Å². The van der Waals surface area contributed by atoms with Crippen LogP contribution in [0.25, 0.3) is 5.69 Å². The molecule has 6 nitrogen and oxygen atoms in total. The SMILES string of the molecule is CCc1c(C(=O)NCCCNC)nnn1-c1cccc(Cl)c1. The maximum absolute atomic E-state index is 12.2. The average Bonchev–Trinajstić information content (AvgIpc) is 2.95. The molecule has 2 aromatic rings. The van der Waals surface area contributed by atoms with Crippen molar-refractivity contribution in [3.63, 3.8) is 0 Å². The van der Waals surface area contributed by atoms with Crippen molar-refractivity contribution in [2.75, 3.05) is 20.1 Å². The number of rotatable bonds is 7. The van der Waals surface area contributed by atoms with Gasteiger partial charge in [-0.1, -0.05) is 29.8 Å². The number of hydrogen-bond acceptors (Lipinski definition) is 4. The fraction of sp³-hybridized carbons (Fsp3) is 0.400. The van der Waals surface area contributed by atoms with E-state index in [-0.39, 0.29) is 5.91 Å². The minimum atomic E-state index is -0.193. The minimum absolute atomic E-state index is 0.193. The number of halogens is 1. The average molecular weight is 322 g/mol. The van der Waals surface area contributed by atoms with Crippen molar-refractivity contribution in [3.05, 3.63) is 40.7 Å². The van der Waals surface area contributed by atoms with E-state index in [2.05, 4.69) is 20.9 Å². The third-order valence-electron chi connectivity index (χ3n) is 3.26. The number of carbonyl (C=O) groups is 1. The number of nitrogens with zero attached hydrogens (tertiary/aromatic N) is 3. The normalized spacial score (nSPS) is 10.7. The van der Waals surface area contributed by atoms with Crippen molar-refractivity contribution in [2.45, 2.75) is 19.8 Å². The molecule has 0 aliphatic carbocycles. The Morgan fingerprint density at radius 1 is 1.36 bits per heavy atom. The van der Waals surface area contributed by atoms with Crippen molar-refractivity contribution in [1.29, 1.82) is 0 Å². The molecule has 0 fully saturated rings. The van der Waals surface area contributed by atoms with Gasteiger partial charge in [0.2, 0.25) is 0 Å². The molecule has 118 valence electrons. The summed E-state index contributed by atoms with van der Waals surface area (Å²) >= 11 is 6.01. The first kappa shape index (κ1) is 16.5. The van der Waals surface area contributed by atoms with Crippen molar-refractivity contribution in [1.82, 2.24) is 25.6 Å². The molecule has 1 amide bonds. The quantitative estimate of drug-likeness (QED) is 0.763. The monoisotopic (exact) mass is 321 g/mol. The van der Waals surface area contributed by atoms with Crippen LogP contribution in [0.5, 0.6) is 0 Å². The summed E-state index contributed by atoms with van der Waals surface area (Å²) in [7, 11) is 1.88. The van der Waals surface area contributed by atoms with E-state index in [1.807, 2.05) is 26.1 Å². The van der Waals surface area contributed by atoms with Gasteiger partial charge in [-0.15, -0.1) is 5.10 Å². The van der Waals surface area contributed by atoms with Crippen LogP contribution in [0, 0.1) is 0 Å². The number of nitrogens with one attached hydrogen (secondary N) is 2. The Balaban J connectivity index is 2.18. The van der Waals surface area contributed by atoms with Gasteiger partial charge in [-0.3, -0.25) is 4.79 Å². The molecule has 1 aromatic carbocycles. The lowest BCUT2D eigenvalue weighted by atomic mass is 10.2. The first-order valence-corrected chi connectivity index (χ1v) is 7.68. The van der Waals surface area contributed by atoms with E-state index in [1.165, 1.54) is 0 Å². The highest BCUT2D eigenvalue weighted by molar-refractivity contribution is 6.30. The number of carbonyl (C=O) groups excluding carboxylic acids is 1. The van der Waals surface area contributed by atoms with E-state index in [0.29, 0.717) is 23.7 Å². The van der Waals surface area contributed by atoms with Crippen LogP contribution in [0.4, 0.5) is 0 Å². The fourth-order valence-electron chi connectivity index (χ4n) is 2.16. The molecule has 0 saturated heterocycles. The van der Waals surface area contributed by atoms with E-state index >= 15 is 0 Å². The first-order valence-electron chi connectivity index (χ1n) is 7.30. The summed E-state index contributed by atoms with van der Waals surface area (Å²) in [6.07, 6.45) is 1.52. The van der Waals surface area contributed by atoms with Gasteiger partial charge in [-0.25, -0.2) is 4.68 Å². The van der Waals surface area contributed by atoms with Crippen molar-refractivity contribution >= 4 is 17.5 Å². The largest absolute Gasteiger partial charge is 0.351 e. The zero-order chi connectivity index (χ0) is 15.9. The summed E-state index contributed by atoms with van der Waals surface area (Å²) in [6.45, 7) is 3.43. The van der Waals surface area contributed by atoms with Crippen molar-refractivity contribution in [3.8, 4) is 5.69 Å². The summed E-state index contributed by atoms with van der Waals surface area (Å²) in [5.74, 6) is -0.193. The summed E-state index contributed by atoms with van der Waals surface area (Å²) in [4.78, 5) is 12.2. The third-order valence-corrected chi connectivity index (χ3v) is 3.49. The van der Waals surface area contributed by atoms with Gasteiger partial charge in [0.05, 0.1) is 11.4 Å². The highest BCUT2D eigenvalue weighted by Gasteiger charge is 2.18. The molecule has 0 aliphatic rings. The van der Waals surface area contributed by atoms with Gasteiger partial charge in [-0.05, 0) is 44.6 Å². The van der Waals surface area contributed by atoms with Crippen LogP contribution < -0.4 is 10.6 Å². The highest BCUT2D eigenvalue weighted by Crippen LogP contribution is 2.17. The van der Waals surface area contributed by atoms with E-state index in [1.54, 1.807) is 16.8 Å². The standard InChI is InChI=1S/C15H20ClN5O/c1-3-13-14(15(22)18-9-5-8-17-2)19-20-21(13)12-7-4-6-11(16)10-12/h4,6-7,10,17H,3,5,8-9H2,1-2H3,(H,18,22). The second-order valence-corrected chi connectivity index (χ2v) is 5.28. The van der Waals surface area contributed by atoms with Crippen LogP contribution in [-0.4, -0.2) is 41.0 Å². The molecule has 0 atom stereocenters. The van der Waals surface area contributed by atoms with Crippen LogP contribution in [0.15, 0.2) is 24.3 Å². The molecular weight excluding hydrogens is 302 g/mol. The molecule has 1 heterocycles. The molecule has 0 bridgehead atoms. The third kappa shape index (κ3) is 3.84. The lowest BCUT2D eigenvalue weighted by Crippen LogP contribution is -2.27. The van der Waals surface area contributed by atoms with Crippen LogP contribution in [-0.2, 0) is 6.42 Å². The van der Waals surface area contributed by atoms with E-state index in [9.17, 15) is 4.79 Å². The van der Waals surface area contributed by atoms with Gasteiger partial charge in [0.1, 0.15) is 0 Å². The maximum Gasteiger partial charge on any atom is 0.273 e. The molecule has 0 aliphatic heterocycles. The molecule has 0 saturated carbocycles. The van der Waals surface area contributed by atoms with E-state index in [0.717, 1.165) is 24.3 Å². The van der Waals surface area contributed by atoms with Crippen molar-refractivity contribution in [2.24, 2.45) is 0 Å². The Hall–Kier alpha value is -1.92. The van der Waals surface area contributed by atoms with Crippen LogP contribution in [0.2, 0.25) is 5.02 Å². The highest BCUT2D eigenvalue weighted by atomic mass is 35.5.